The van der Waals surface area contributed by atoms with Crippen LogP contribution >= 0.6 is 15.9 Å². The molecular weight excluding hydrogens is 280 g/mol. The Hall–Kier alpha value is -0.610. The molecule has 1 rings (SSSR count). The Bertz CT molecular complexity index is 355. The molecular formula is C13H21BrN2O. The molecule has 0 unspecified atom stereocenters. The maximum Gasteiger partial charge on any atom is 0.143 e. The van der Waals surface area contributed by atoms with E-state index in [1.165, 1.54) is 5.56 Å². The number of pyridine rings is 1. The van der Waals surface area contributed by atoms with E-state index in [1.54, 1.807) is 7.11 Å². The van der Waals surface area contributed by atoms with Crippen molar-refractivity contribution in [3.05, 3.63) is 22.3 Å². The molecule has 0 N–H and O–H groups in total. The average Bonchev–Trinajstić information content (AvgIpc) is 2.28. The molecule has 0 spiro atoms. The molecule has 3 nitrogen and oxygen atoms in total. The molecule has 0 aliphatic heterocycles. The highest BCUT2D eigenvalue weighted by Crippen LogP contribution is 2.27. The van der Waals surface area contributed by atoms with Gasteiger partial charge >= 0.3 is 0 Å². The molecule has 0 aromatic carbocycles. The van der Waals surface area contributed by atoms with Crippen LogP contribution in [0, 0.1) is 12.8 Å². The van der Waals surface area contributed by atoms with Gasteiger partial charge in [-0.15, -0.1) is 0 Å². The number of aryl methyl sites for hydroxylation is 1. The van der Waals surface area contributed by atoms with Crippen LogP contribution in [0.5, 0.6) is 0 Å². The van der Waals surface area contributed by atoms with Crippen LogP contribution in [-0.2, 0) is 4.74 Å². The third-order valence-electron chi connectivity index (χ3n) is 2.51. The summed E-state index contributed by atoms with van der Waals surface area (Å²) in [7, 11) is 1.73. The van der Waals surface area contributed by atoms with Crippen molar-refractivity contribution in [2.45, 2.75) is 20.8 Å². The monoisotopic (exact) mass is 300 g/mol. The fraction of sp³-hybridized carbons (Fsp3) is 0.615. The Balaban J connectivity index is 2.90. The van der Waals surface area contributed by atoms with Crippen molar-refractivity contribution in [3.63, 3.8) is 0 Å². The minimum Gasteiger partial charge on any atom is -0.383 e. The third-order valence-corrected chi connectivity index (χ3v) is 3.49. The summed E-state index contributed by atoms with van der Waals surface area (Å²) in [5.41, 5.74) is 1.21. The van der Waals surface area contributed by atoms with Gasteiger partial charge in [0, 0.05) is 26.4 Å². The average molecular weight is 301 g/mol. The van der Waals surface area contributed by atoms with Gasteiger partial charge in [-0.2, -0.15) is 0 Å². The number of rotatable bonds is 6. The van der Waals surface area contributed by atoms with Crippen LogP contribution in [0.25, 0.3) is 0 Å². The van der Waals surface area contributed by atoms with Gasteiger partial charge in [-0.05, 0) is 40.4 Å². The smallest absolute Gasteiger partial charge is 0.143 e. The van der Waals surface area contributed by atoms with E-state index in [2.05, 4.69) is 46.6 Å². The molecule has 0 aliphatic rings. The van der Waals surface area contributed by atoms with Crippen molar-refractivity contribution in [2.75, 3.05) is 31.7 Å². The molecule has 17 heavy (non-hydrogen) atoms. The Morgan fingerprint density at radius 1 is 1.47 bits per heavy atom. The number of methoxy groups -OCH3 is 1. The number of halogens is 1. The Morgan fingerprint density at radius 3 is 2.76 bits per heavy atom. The van der Waals surface area contributed by atoms with Crippen LogP contribution < -0.4 is 4.90 Å². The first-order chi connectivity index (χ1) is 8.06. The second-order valence-corrected chi connectivity index (χ2v) is 5.39. The number of aromatic nitrogens is 1. The van der Waals surface area contributed by atoms with Gasteiger partial charge in [-0.25, -0.2) is 4.98 Å². The molecule has 4 heteroatoms. The molecule has 0 saturated carbocycles. The highest BCUT2D eigenvalue weighted by atomic mass is 79.9. The van der Waals surface area contributed by atoms with Crippen molar-refractivity contribution in [1.82, 2.24) is 4.98 Å². The number of hydrogen-bond donors (Lipinski definition) is 0. The van der Waals surface area contributed by atoms with Crippen molar-refractivity contribution < 1.29 is 4.74 Å². The second kappa shape index (κ2) is 6.97. The van der Waals surface area contributed by atoms with E-state index in [0.29, 0.717) is 5.92 Å². The largest absolute Gasteiger partial charge is 0.383 e. The van der Waals surface area contributed by atoms with Gasteiger partial charge < -0.3 is 9.64 Å². The molecule has 0 atom stereocenters. The molecule has 0 radical (unpaired) electrons. The van der Waals surface area contributed by atoms with Gasteiger partial charge in [0.05, 0.1) is 11.1 Å². The van der Waals surface area contributed by atoms with E-state index < -0.39 is 0 Å². The zero-order valence-electron chi connectivity index (χ0n) is 11.0. The molecule has 1 aromatic rings. The van der Waals surface area contributed by atoms with Crippen LogP contribution in [0.3, 0.4) is 0 Å². The zero-order valence-corrected chi connectivity index (χ0v) is 12.6. The summed E-state index contributed by atoms with van der Waals surface area (Å²) in [6.45, 7) is 9.07. The molecule has 1 aromatic heterocycles. The highest BCUT2D eigenvalue weighted by molar-refractivity contribution is 9.10. The van der Waals surface area contributed by atoms with Crippen molar-refractivity contribution >= 4 is 21.7 Å². The Kier molecular flexibility index (Phi) is 5.92. The Labute approximate surface area is 112 Å². The lowest BCUT2D eigenvalue weighted by atomic mass is 10.2. The van der Waals surface area contributed by atoms with E-state index >= 15 is 0 Å². The van der Waals surface area contributed by atoms with Gasteiger partial charge in [-0.1, -0.05) is 13.8 Å². The van der Waals surface area contributed by atoms with Gasteiger partial charge in [0.1, 0.15) is 5.82 Å². The number of nitrogens with zero attached hydrogens (tertiary/aromatic N) is 2. The molecule has 0 aliphatic carbocycles. The maximum atomic E-state index is 5.16. The summed E-state index contributed by atoms with van der Waals surface area (Å²) in [6, 6.07) is 2.01. The first-order valence-electron chi connectivity index (χ1n) is 5.91. The van der Waals surface area contributed by atoms with E-state index in [-0.39, 0.29) is 0 Å². The van der Waals surface area contributed by atoms with Crippen LogP contribution in [0.1, 0.15) is 19.4 Å². The normalized spacial score (nSPS) is 10.9. The number of anilines is 1. The first kappa shape index (κ1) is 14.5. The number of ether oxygens (including phenoxy) is 1. The summed E-state index contributed by atoms with van der Waals surface area (Å²) in [4.78, 5) is 6.74. The molecule has 0 bridgehead atoms. The van der Waals surface area contributed by atoms with Gasteiger partial charge in [0.15, 0.2) is 0 Å². The van der Waals surface area contributed by atoms with E-state index in [1.807, 2.05) is 12.3 Å². The predicted octanol–water partition coefficient (Wildman–Crippen LogP) is 3.26. The van der Waals surface area contributed by atoms with Crippen molar-refractivity contribution in [1.29, 1.82) is 0 Å². The summed E-state index contributed by atoms with van der Waals surface area (Å²) in [5.74, 6) is 1.61. The standard InChI is InChI=1S/C13H21BrN2O/c1-10(2)9-16(7-8-17-4)13-12(14)11(3)5-6-15-13/h5-6,10H,7-9H2,1-4H3. The summed E-state index contributed by atoms with van der Waals surface area (Å²) in [5, 5.41) is 0. The summed E-state index contributed by atoms with van der Waals surface area (Å²) >= 11 is 3.62. The topological polar surface area (TPSA) is 25.4 Å². The SMILES string of the molecule is COCCN(CC(C)C)c1nccc(C)c1Br. The van der Waals surface area contributed by atoms with Gasteiger partial charge in [0.2, 0.25) is 0 Å². The number of hydrogen-bond acceptors (Lipinski definition) is 3. The van der Waals surface area contributed by atoms with E-state index in [4.69, 9.17) is 4.74 Å². The lowest BCUT2D eigenvalue weighted by Crippen LogP contribution is -2.32. The third kappa shape index (κ3) is 4.28. The van der Waals surface area contributed by atoms with Gasteiger partial charge in [-0.3, -0.25) is 0 Å². The predicted molar refractivity (Wildman–Crippen MR) is 75.6 cm³/mol. The summed E-state index contributed by atoms with van der Waals surface area (Å²) < 4.78 is 6.24. The van der Waals surface area contributed by atoms with Crippen LogP contribution in [0.4, 0.5) is 5.82 Å². The zero-order chi connectivity index (χ0) is 12.8. The lowest BCUT2D eigenvalue weighted by molar-refractivity contribution is 0.204. The maximum absolute atomic E-state index is 5.16. The van der Waals surface area contributed by atoms with E-state index in [0.717, 1.165) is 30.0 Å². The fourth-order valence-electron chi connectivity index (χ4n) is 1.67. The Morgan fingerprint density at radius 2 is 2.18 bits per heavy atom. The molecule has 0 amide bonds. The summed E-state index contributed by atoms with van der Waals surface area (Å²) in [6.07, 6.45) is 1.86. The lowest BCUT2D eigenvalue weighted by Gasteiger charge is -2.26. The quantitative estimate of drug-likeness (QED) is 0.806. The van der Waals surface area contributed by atoms with Crippen LogP contribution in [0.2, 0.25) is 0 Å². The molecule has 1 heterocycles. The van der Waals surface area contributed by atoms with Crippen LogP contribution in [-0.4, -0.2) is 31.8 Å². The fourth-order valence-corrected chi connectivity index (χ4v) is 2.16. The minimum atomic E-state index is 0.598. The van der Waals surface area contributed by atoms with Gasteiger partial charge in [0.25, 0.3) is 0 Å². The first-order valence-corrected chi connectivity index (χ1v) is 6.70. The molecule has 0 fully saturated rings. The van der Waals surface area contributed by atoms with E-state index in [9.17, 15) is 0 Å². The minimum absolute atomic E-state index is 0.598. The second-order valence-electron chi connectivity index (χ2n) is 4.60. The van der Waals surface area contributed by atoms with Crippen LogP contribution in [0.15, 0.2) is 16.7 Å². The van der Waals surface area contributed by atoms with Crippen molar-refractivity contribution in [2.24, 2.45) is 5.92 Å². The van der Waals surface area contributed by atoms with Crippen molar-refractivity contribution in [3.8, 4) is 0 Å². The molecule has 0 saturated heterocycles. The molecule has 96 valence electrons. The highest BCUT2D eigenvalue weighted by Gasteiger charge is 2.14.